The minimum atomic E-state index is 0.597. The first-order valence-electron chi connectivity index (χ1n) is 6.72. The van der Waals surface area contributed by atoms with E-state index in [1.165, 1.54) is 5.56 Å². The van der Waals surface area contributed by atoms with Gasteiger partial charge in [0.2, 0.25) is 0 Å². The summed E-state index contributed by atoms with van der Waals surface area (Å²) in [6.45, 7) is 3.99. The molecule has 0 aliphatic carbocycles. The minimum absolute atomic E-state index is 0.597. The predicted octanol–water partition coefficient (Wildman–Crippen LogP) is 4.90. The summed E-state index contributed by atoms with van der Waals surface area (Å²) >= 11 is 7.15. The highest BCUT2D eigenvalue weighted by Gasteiger charge is 2.16. The second-order valence-electron chi connectivity index (χ2n) is 4.89. The van der Waals surface area contributed by atoms with Gasteiger partial charge in [0.05, 0.1) is 4.47 Å². The van der Waals surface area contributed by atoms with E-state index in [4.69, 9.17) is 9.47 Å². The summed E-state index contributed by atoms with van der Waals surface area (Å²) in [5.74, 6) is 1.59. The maximum atomic E-state index is 5.65. The summed E-state index contributed by atoms with van der Waals surface area (Å²) in [6, 6.07) is 10.3. The molecule has 1 aliphatic heterocycles. The molecular weight excluding hydrogens is 398 g/mol. The van der Waals surface area contributed by atoms with Crippen LogP contribution >= 0.6 is 31.9 Å². The third-order valence-corrected chi connectivity index (χ3v) is 4.97. The second kappa shape index (κ2) is 6.28. The summed E-state index contributed by atoms with van der Waals surface area (Å²) in [6.07, 6.45) is 0. The lowest BCUT2D eigenvalue weighted by Crippen LogP contribution is -2.16. The molecule has 0 bridgehead atoms. The van der Waals surface area contributed by atoms with E-state index < -0.39 is 0 Å². The van der Waals surface area contributed by atoms with E-state index >= 15 is 0 Å². The molecule has 0 aromatic heterocycles. The molecule has 0 unspecified atom stereocenters. The van der Waals surface area contributed by atoms with Crippen LogP contribution < -0.4 is 14.8 Å². The molecule has 0 atom stereocenters. The van der Waals surface area contributed by atoms with Crippen molar-refractivity contribution in [2.45, 2.75) is 13.5 Å². The standard InChI is InChI=1S/C16H15Br2NO2/c1-10-3-2-4-13(15(10)18)19-9-11-7-12(17)16-14(8-11)20-5-6-21-16/h2-4,7-8,19H,5-6,9H2,1H3. The van der Waals surface area contributed by atoms with Crippen molar-refractivity contribution >= 4 is 37.5 Å². The average molecular weight is 413 g/mol. The van der Waals surface area contributed by atoms with Crippen LogP contribution in [0.3, 0.4) is 0 Å². The van der Waals surface area contributed by atoms with E-state index in [1.807, 2.05) is 12.1 Å². The number of hydrogen-bond donors (Lipinski definition) is 1. The molecule has 0 spiro atoms. The summed E-state index contributed by atoms with van der Waals surface area (Å²) in [4.78, 5) is 0. The van der Waals surface area contributed by atoms with Crippen molar-refractivity contribution in [2.75, 3.05) is 18.5 Å². The van der Waals surface area contributed by atoms with Gasteiger partial charge in [0.25, 0.3) is 0 Å². The van der Waals surface area contributed by atoms with Gasteiger partial charge in [-0.2, -0.15) is 0 Å². The van der Waals surface area contributed by atoms with Crippen molar-refractivity contribution in [2.24, 2.45) is 0 Å². The Morgan fingerprint density at radius 3 is 2.81 bits per heavy atom. The van der Waals surface area contributed by atoms with E-state index in [2.05, 4.69) is 62.3 Å². The first-order chi connectivity index (χ1) is 10.1. The summed E-state index contributed by atoms with van der Waals surface area (Å²) in [7, 11) is 0. The molecule has 3 nitrogen and oxygen atoms in total. The zero-order chi connectivity index (χ0) is 14.8. The van der Waals surface area contributed by atoms with Crippen LogP contribution in [0.1, 0.15) is 11.1 Å². The summed E-state index contributed by atoms with van der Waals surface area (Å²) in [5, 5.41) is 3.44. The van der Waals surface area contributed by atoms with Gasteiger partial charge in [-0.15, -0.1) is 0 Å². The van der Waals surface area contributed by atoms with Crippen LogP contribution in [-0.4, -0.2) is 13.2 Å². The Hall–Kier alpha value is -1.20. The van der Waals surface area contributed by atoms with E-state index in [0.717, 1.165) is 38.2 Å². The fraction of sp³-hybridized carbons (Fsp3) is 0.250. The first-order valence-corrected chi connectivity index (χ1v) is 8.31. The Labute approximate surface area is 140 Å². The van der Waals surface area contributed by atoms with Crippen LogP contribution in [0.15, 0.2) is 39.3 Å². The van der Waals surface area contributed by atoms with Crippen LogP contribution in [0, 0.1) is 6.92 Å². The van der Waals surface area contributed by atoms with Crippen molar-refractivity contribution in [3.05, 3.63) is 50.4 Å². The van der Waals surface area contributed by atoms with E-state index in [-0.39, 0.29) is 0 Å². The zero-order valence-electron chi connectivity index (χ0n) is 11.6. The molecule has 3 rings (SSSR count). The van der Waals surface area contributed by atoms with E-state index in [9.17, 15) is 0 Å². The van der Waals surface area contributed by atoms with Gasteiger partial charge in [-0.3, -0.25) is 0 Å². The molecule has 0 amide bonds. The van der Waals surface area contributed by atoms with Crippen LogP contribution in [0.2, 0.25) is 0 Å². The Morgan fingerprint density at radius 2 is 1.95 bits per heavy atom. The maximum absolute atomic E-state index is 5.65. The van der Waals surface area contributed by atoms with Crippen molar-refractivity contribution in [1.29, 1.82) is 0 Å². The van der Waals surface area contributed by atoms with Crippen molar-refractivity contribution in [3.8, 4) is 11.5 Å². The van der Waals surface area contributed by atoms with Gasteiger partial charge in [-0.25, -0.2) is 0 Å². The fourth-order valence-electron chi connectivity index (χ4n) is 2.25. The second-order valence-corrected chi connectivity index (χ2v) is 6.54. The fourth-order valence-corrected chi connectivity index (χ4v) is 3.26. The molecule has 1 aliphatic rings. The number of halogens is 2. The SMILES string of the molecule is Cc1cccc(NCc2cc(Br)c3c(c2)OCCO3)c1Br. The molecule has 110 valence electrons. The molecule has 1 heterocycles. The largest absolute Gasteiger partial charge is 0.486 e. The van der Waals surface area contributed by atoms with Crippen molar-refractivity contribution < 1.29 is 9.47 Å². The summed E-state index contributed by atoms with van der Waals surface area (Å²) in [5.41, 5.74) is 3.43. The monoisotopic (exact) mass is 411 g/mol. The van der Waals surface area contributed by atoms with Gasteiger partial charge < -0.3 is 14.8 Å². The number of nitrogens with one attached hydrogen (secondary N) is 1. The topological polar surface area (TPSA) is 30.5 Å². The maximum Gasteiger partial charge on any atom is 0.175 e. The number of ether oxygens (including phenoxy) is 2. The van der Waals surface area contributed by atoms with E-state index in [0.29, 0.717) is 13.2 Å². The van der Waals surface area contributed by atoms with Crippen LogP contribution in [0.4, 0.5) is 5.69 Å². The van der Waals surface area contributed by atoms with Gasteiger partial charge in [0.1, 0.15) is 13.2 Å². The van der Waals surface area contributed by atoms with Gasteiger partial charge in [0, 0.05) is 16.7 Å². The Morgan fingerprint density at radius 1 is 1.14 bits per heavy atom. The lowest BCUT2D eigenvalue weighted by molar-refractivity contribution is 0.170. The molecule has 2 aromatic carbocycles. The molecule has 21 heavy (non-hydrogen) atoms. The highest BCUT2D eigenvalue weighted by Crippen LogP contribution is 2.38. The molecule has 0 saturated carbocycles. The number of anilines is 1. The van der Waals surface area contributed by atoms with Crippen LogP contribution in [0.25, 0.3) is 0 Å². The molecule has 1 N–H and O–H groups in total. The van der Waals surface area contributed by atoms with E-state index in [1.54, 1.807) is 0 Å². The Kier molecular flexibility index (Phi) is 4.40. The van der Waals surface area contributed by atoms with Gasteiger partial charge in [0.15, 0.2) is 11.5 Å². The van der Waals surface area contributed by atoms with Gasteiger partial charge >= 0.3 is 0 Å². The molecule has 0 saturated heterocycles. The number of aryl methyl sites for hydroxylation is 1. The first kappa shape index (κ1) is 14.7. The molecule has 2 aromatic rings. The average Bonchev–Trinajstić information content (AvgIpc) is 2.49. The van der Waals surface area contributed by atoms with Crippen molar-refractivity contribution in [1.82, 2.24) is 0 Å². The van der Waals surface area contributed by atoms with Crippen LogP contribution in [-0.2, 0) is 6.54 Å². The number of benzene rings is 2. The van der Waals surface area contributed by atoms with Gasteiger partial charge in [-0.1, -0.05) is 12.1 Å². The minimum Gasteiger partial charge on any atom is -0.486 e. The quantitative estimate of drug-likeness (QED) is 0.777. The molecule has 0 fully saturated rings. The number of rotatable bonds is 3. The third-order valence-electron chi connectivity index (χ3n) is 3.33. The normalized spacial score (nSPS) is 13.1. The predicted molar refractivity (Wildman–Crippen MR) is 91.3 cm³/mol. The smallest absolute Gasteiger partial charge is 0.175 e. The lowest BCUT2D eigenvalue weighted by Gasteiger charge is -2.20. The Balaban J connectivity index is 1.79. The number of hydrogen-bond acceptors (Lipinski definition) is 3. The molecule has 5 heteroatoms. The Bertz CT molecular complexity index is 674. The molecular formula is C16H15Br2NO2. The van der Waals surface area contributed by atoms with Gasteiger partial charge in [-0.05, 0) is 68.1 Å². The van der Waals surface area contributed by atoms with Crippen molar-refractivity contribution in [3.63, 3.8) is 0 Å². The summed E-state index contributed by atoms with van der Waals surface area (Å²) < 4.78 is 13.3. The highest BCUT2D eigenvalue weighted by atomic mass is 79.9. The van der Waals surface area contributed by atoms with Crippen LogP contribution in [0.5, 0.6) is 11.5 Å². The lowest BCUT2D eigenvalue weighted by atomic mass is 10.1. The zero-order valence-corrected chi connectivity index (χ0v) is 14.8. The third kappa shape index (κ3) is 3.19. The molecule has 0 radical (unpaired) electrons. The highest BCUT2D eigenvalue weighted by molar-refractivity contribution is 9.11. The number of fused-ring (bicyclic) bond motifs is 1.